The number of hydrogen-bond donors (Lipinski definition) is 1. The van der Waals surface area contributed by atoms with Crippen molar-refractivity contribution in [3.05, 3.63) is 71.4 Å². The fraction of sp³-hybridized carbons (Fsp3) is 0.250. The van der Waals surface area contributed by atoms with Crippen molar-refractivity contribution in [3.8, 4) is 28.3 Å². The second-order valence-electron chi connectivity index (χ2n) is 7.76. The van der Waals surface area contributed by atoms with E-state index in [0.717, 1.165) is 35.4 Å². The van der Waals surface area contributed by atoms with Crippen LogP contribution in [0.25, 0.3) is 28.2 Å². The molecule has 0 atom stereocenters. The lowest BCUT2D eigenvalue weighted by Crippen LogP contribution is -2.43. The Balaban J connectivity index is 1.72. The zero-order chi connectivity index (χ0) is 20.7. The average Bonchev–Trinajstić information content (AvgIpc) is 3.12. The molecule has 0 unspecified atom stereocenters. The summed E-state index contributed by atoms with van der Waals surface area (Å²) in [5, 5.41) is 4.90. The van der Waals surface area contributed by atoms with Gasteiger partial charge in [0.2, 0.25) is 0 Å². The molecule has 0 radical (unpaired) electrons. The molecule has 2 aromatic carbocycles. The highest BCUT2D eigenvalue weighted by molar-refractivity contribution is 6.29. The predicted octanol–water partition coefficient (Wildman–Crippen LogP) is 5.45. The van der Waals surface area contributed by atoms with E-state index in [1.54, 1.807) is 10.6 Å². The van der Waals surface area contributed by atoms with Crippen LogP contribution in [0, 0.1) is 0 Å². The fourth-order valence-corrected chi connectivity index (χ4v) is 4.27. The van der Waals surface area contributed by atoms with Crippen molar-refractivity contribution in [1.29, 1.82) is 0 Å². The molecule has 152 valence electrons. The highest BCUT2D eigenvalue weighted by Gasteiger charge is 2.34. The highest BCUT2D eigenvalue weighted by Crippen LogP contribution is 2.40. The maximum absolute atomic E-state index is 6.50. The minimum atomic E-state index is -0.184. The second-order valence-corrected chi connectivity index (χ2v) is 8.15. The van der Waals surface area contributed by atoms with Crippen LogP contribution < -0.4 is 10.5 Å². The highest BCUT2D eigenvalue weighted by atomic mass is 35.5. The Hall–Kier alpha value is -2.89. The molecule has 5 rings (SSSR count). The monoisotopic (exact) mass is 418 g/mol. The quantitative estimate of drug-likeness (QED) is 0.467. The summed E-state index contributed by atoms with van der Waals surface area (Å²) in [7, 11) is 0. The minimum Gasteiger partial charge on any atom is -0.490 e. The molecule has 1 aliphatic rings. The molecule has 30 heavy (non-hydrogen) atoms. The van der Waals surface area contributed by atoms with Crippen LogP contribution in [0.1, 0.15) is 31.7 Å². The number of fused-ring (bicyclic) bond motifs is 1. The minimum absolute atomic E-state index is 0.184. The van der Waals surface area contributed by atoms with Crippen molar-refractivity contribution >= 4 is 17.2 Å². The van der Waals surface area contributed by atoms with Gasteiger partial charge in [-0.25, -0.2) is 9.50 Å². The van der Waals surface area contributed by atoms with Crippen molar-refractivity contribution in [2.45, 2.75) is 31.7 Å². The van der Waals surface area contributed by atoms with Gasteiger partial charge in [0.05, 0.1) is 12.3 Å². The molecule has 2 N–H and O–H groups in total. The first-order chi connectivity index (χ1) is 14.6. The first-order valence-electron chi connectivity index (χ1n) is 10.3. The number of imidazole rings is 1. The van der Waals surface area contributed by atoms with E-state index in [1.807, 2.05) is 37.3 Å². The molecule has 5 nitrogen and oxygen atoms in total. The van der Waals surface area contributed by atoms with Crippen molar-refractivity contribution in [3.63, 3.8) is 0 Å². The van der Waals surface area contributed by atoms with Crippen LogP contribution in [0.15, 0.2) is 60.7 Å². The lowest BCUT2D eigenvalue weighted by atomic mass is 9.72. The van der Waals surface area contributed by atoms with Gasteiger partial charge in [0.15, 0.2) is 16.5 Å². The standard InChI is InChI=1S/C24H23ClN4O/c1-2-30-19-15-20(25)28-29-22(17-7-4-3-5-8-17)21(27-23(19)29)16-9-11-18(12-10-16)24(26)13-6-14-24/h3-5,7-12,15H,2,6,13-14,26H2,1H3. The van der Waals surface area contributed by atoms with E-state index in [2.05, 4.69) is 29.4 Å². The molecule has 2 heterocycles. The predicted molar refractivity (Wildman–Crippen MR) is 120 cm³/mol. The van der Waals surface area contributed by atoms with E-state index in [4.69, 9.17) is 27.1 Å². The van der Waals surface area contributed by atoms with E-state index < -0.39 is 0 Å². The van der Waals surface area contributed by atoms with Gasteiger partial charge in [-0.15, -0.1) is 0 Å². The SMILES string of the molecule is CCOc1cc(Cl)nn2c(-c3ccccc3)c(-c3ccc(C4(N)CCC4)cc3)nc12. The molecule has 1 aliphatic carbocycles. The Bertz CT molecular complexity index is 1200. The zero-order valence-electron chi connectivity index (χ0n) is 16.8. The molecule has 0 saturated heterocycles. The number of nitrogens with two attached hydrogens (primary N) is 1. The van der Waals surface area contributed by atoms with Gasteiger partial charge in [0.1, 0.15) is 5.69 Å². The first kappa shape index (κ1) is 19.1. The van der Waals surface area contributed by atoms with Crippen LogP contribution in [0.2, 0.25) is 5.15 Å². The van der Waals surface area contributed by atoms with E-state index in [-0.39, 0.29) is 5.54 Å². The van der Waals surface area contributed by atoms with Crippen LogP contribution in [-0.4, -0.2) is 21.2 Å². The summed E-state index contributed by atoms with van der Waals surface area (Å²) < 4.78 is 7.58. The number of aromatic nitrogens is 3. The third-order valence-corrected chi connectivity index (χ3v) is 6.03. The number of halogens is 1. The van der Waals surface area contributed by atoms with Gasteiger partial charge in [-0.2, -0.15) is 5.10 Å². The van der Waals surface area contributed by atoms with Crippen LogP contribution in [0.4, 0.5) is 0 Å². The summed E-state index contributed by atoms with van der Waals surface area (Å²) in [5.41, 5.74) is 11.9. The summed E-state index contributed by atoms with van der Waals surface area (Å²) in [6.45, 7) is 2.46. The Morgan fingerprint density at radius 2 is 1.80 bits per heavy atom. The number of ether oxygens (including phenoxy) is 1. The maximum Gasteiger partial charge on any atom is 0.197 e. The smallest absolute Gasteiger partial charge is 0.197 e. The molecular formula is C24H23ClN4O. The molecular weight excluding hydrogens is 396 g/mol. The van der Waals surface area contributed by atoms with Crippen LogP contribution >= 0.6 is 11.6 Å². The molecule has 4 aromatic rings. The lowest BCUT2D eigenvalue weighted by molar-refractivity contribution is 0.253. The Labute approximate surface area is 180 Å². The number of hydrogen-bond acceptors (Lipinski definition) is 4. The maximum atomic E-state index is 6.50. The van der Waals surface area contributed by atoms with Gasteiger partial charge in [-0.3, -0.25) is 0 Å². The van der Waals surface area contributed by atoms with Crippen LogP contribution in [0.3, 0.4) is 0 Å². The average molecular weight is 419 g/mol. The lowest BCUT2D eigenvalue weighted by Gasteiger charge is -2.38. The third-order valence-electron chi connectivity index (χ3n) is 5.85. The Kier molecular flexibility index (Phi) is 4.72. The molecule has 2 aromatic heterocycles. The van der Waals surface area contributed by atoms with E-state index in [1.165, 1.54) is 12.0 Å². The zero-order valence-corrected chi connectivity index (χ0v) is 17.6. The van der Waals surface area contributed by atoms with Gasteiger partial charge in [0, 0.05) is 22.7 Å². The van der Waals surface area contributed by atoms with Crippen molar-refractivity contribution in [1.82, 2.24) is 14.6 Å². The van der Waals surface area contributed by atoms with Crippen molar-refractivity contribution in [2.24, 2.45) is 5.73 Å². The molecule has 0 spiro atoms. The second kappa shape index (κ2) is 7.42. The molecule has 0 aliphatic heterocycles. The summed E-state index contributed by atoms with van der Waals surface area (Å²) in [6.07, 6.45) is 3.27. The number of benzene rings is 2. The molecule has 1 fully saturated rings. The Morgan fingerprint density at radius 1 is 1.07 bits per heavy atom. The van der Waals surface area contributed by atoms with Crippen molar-refractivity contribution < 1.29 is 4.74 Å². The normalized spacial score (nSPS) is 15.2. The summed E-state index contributed by atoms with van der Waals surface area (Å²) in [6, 6.07) is 20.2. The molecule has 6 heteroatoms. The molecule has 1 saturated carbocycles. The van der Waals surface area contributed by atoms with Crippen LogP contribution in [0.5, 0.6) is 5.75 Å². The summed E-state index contributed by atoms with van der Waals surface area (Å²) >= 11 is 6.31. The van der Waals surface area contributed by atoms with E-state index in [0.29, 0.717) is 23.2 Å². The van der Waals surface area contributed by atoms with Gasteiger partial charge in [-0.1, -0.05) is 66.2 Å². The molecule has 0 amide bonds. The number of rotatable bonds is 5. The van der Waals surface area contributed by atoms with Crippen LogP contribution in [-0.2, 0) is 5.54 Å². The van der Waals surface area contributed by atoms with Crippen molar-refractivity contribution in [2.75, 3.05) is 6.61 Å². The summed E-state index contributed by atoms with van der Waals surface area (Å²) in [4.78, 5) is 4.93. The first-order valence-corrected chi connectivity index (χ1v) is 10.6. The van der Waals surface area contributed by atoms with Gasteiger partial charge in [-0.05, 0) is 31.7 Å². The van der Waals surface area contributed by atoms with E-state index >= 15 is 0 Å². The van der Waals surface area contributed by atoms with Gasteiger partial charge in [0.25, 0.3) is 0 Å². The van der Waals surface area contributed by atoms with Gasteiger partial charge >= 0.3 is 0 Å². The van der Waals surface area contributed by atoms with E-state index in [9.17, 15) is 0 Å². The van der Waals surface area contributed by atoms with Gasteiger partial charge < -0.3 is 10.5 Å². The molecule has 0 bridgehead atoms. The fourth-order valence-electron chi connectivity index (χ4n) is 4.09. The Morgan fingerprint density at radius 3 is 2.43 bits per heavy atom. The summed E-state index contributed by atoms with van der Waals surface area (Å²) in [5.74, 6) is 0.618. The topological polar surface area (TPSA) is 65.4 Å². The number of nitrogens with zero attached hydrogens (tertiary/aromatic N) is 3. The third kappa shape index (κ3) is 3.15. The largest absolute Gasteiger partial charge is 0.490 e.